The number of rotatable bonds is 5. The lowest BCUT2D eigenvalue weighted by molar-refractivity contribution is -0.385. The molecule has 1 N–H and O–H groups in total. The van der Waals surface area contributed by atoms with Crippen LogP contribution in [0.25, 0.3) is 6.08 Å². The minimum absolute atomic E-state index is 0.0768. The summed E-state index contributed by atoms with van der Waals surface area (Å²) in [5.74, 6) is -0.495. The van der Waals surface area contributed by atoms with Gasteiger partial charge in [0.15, 0.2) is 0 Å². The predicted octanol–water partition coefficient (Wildman–Crippen LogP) is 3.46. The smallest absolute Gasteiger partial charge is 0.274 e. The van der Waals surface area contributed by atoms with Crippen molar-refractivity contribution in [2.75, 3.05) is 5.32 Å². The highest BCUT2D eigenvalue weighted by atomic mass is 16.6. The molecular formula is C16H13N3O5. The van der Waals surface area contributed by atoms with Crippen molar-refractivity contribution in [3.63, 3.8) is 0 Å². The highest BCUT2D eigenvalue weighted by Gasteiger charge is 2.14. The Labute approximate surface area is 136 Å². The van der Waals surface area contributed by atoms with Gasteiger partial charge >= 0.3 is 0 Å². The van der Waals surface area contributed by atoms with Crippen molar-refractivity contribution in [1.29, 1.82) is 0 Å². The summed E-state index contributed by atoms with van der Waals surface area (Å²) >= 11 is 0. The van der Waals surface area contributed by atoms with Gasteiger partial charge in [0, 0.05) is 24.3 Å². The number of nitrogens with zero attached hydrogens (tertiary/aromatic N) is 2. The molecule has 24 heavy (non-hydrogen) atoms. The van der Waals surface area contributed by atoms with Crippen molar-refractivity contribution in [3.05, 3.63) is 79.9 Å². The molecule has 122 valence electrons. The van der Waals surface area contributed by atoms with Crippen molar-refractivity contribution in [3.8, 4) is 0 Å². The quantitative estimate of drug-likeness (QED) is 0.513. The zero-order valence-electron chi connectivity index (χ0n) is 12.6. The molecule has 2 rings (SSSR count). The van der Waals surface area contributed by atoms with Crippen LogP contribution < -0.4 is 5.32 Å². The number of carbonyl (C=O) groups excluding carboxylic acids is 1. The Morgan fingerprint density at radius 3 is 2.46 bits per heavy atom. The van der Waals surface area contributed by atoms with Gasteiger partial charge in [-0.2, -0.15) is 0 Å². The zero-order valence-corrected chi connectivity index (χ0v) is 12.6. The monoisotopic (exact) mass is 327 g/mol. The molecule has 8 nitrogen and oxygen atoms in total. The Balaban J connectivity index is 2.14. The molecule has 2 aromatic rings. The lowest BCUT2D eigenvalue weighted by Gasteiger charge is -2.06. The van der Waals surface area contributed by atoms with E-state index in [4.69, 9.17) is 0 Å². The van der Waals surface area contributed by atoms with Crippen LogP contribution in [0.5, 0.6) is 0 Å². The lowest BCUT2D eigenvalue weighted by Crippen LogP contribution is -2.09. The fourth-order valence-electron chi connectivity index (χ4n) is 2.05. The number of carbonyl (C=O) groups is 1. The second-order valence-corrected chi connectivity index (χ2v) is 4.88. The Kier molecular flexibility index (Phi) is 5.00. The van der Waals surface area contributed by atoms with E-state index in [2.05, 4.69) is 5.32 Å². The van der Waals surface area contributed by atoms with Crippen LogP contribution in [0.4, 0.5) is 17.1 Å². The topological polar surface area (TPSA) is 115 Å². The van der Waals surface area contributed by atoms with E-state index in [9.17, 15) is 25.0 Å². The molecule has 0 atom stereocenters. The predicted molar refractivity (Wildman–Crippen MR) is 88.6 cm³/mol. The number of amides is 1. The van der Waals surface area contributed by atoms with Crippen molar-refractivity contribution >= 4 is 29.0 Å². The molecular weight excluding hydrogens is 314 g/mol. The third-order valence-corrected chi connectivity index (χ3v) is 3.27. The number of nitro benzene ring substituents is 2. The second kappa shape index (κ2) is 7.14. The molecule has 0 unspecified atom stereocenters. The van der Waals surface area contributed by atoms with E-state index in [-0.39, 0.29) is 11.4 Å². The van der Waals surface area contributed by atoms with E-state index in [0.717, 1.165) is 0 Å². The Morgan fingerprint density at radius 2 is 1.79 bits per heavy atom. The van der Waals surface area contributed by atoms with Crippen LogP contribution in [-0.2, 0) is 4.79 Å². The first kappa shape index (κ1) is 16.8. The number of nitro groups is 2. The van der Waals surface area contributed by atoms with Gasteiger partial charge in [-0.1, -0.05) is 18.2 Å². The van der Waals surface area contributed by atoms with E-state index in [1.54, 1.807) is 12.1 Å². The average molecular weight is 327 g/mol. The first-order chi connectivity index (χ1) is 11.4. The van der Waals surface area contributed by atoms with Crippen molar-refractivity contribution < 1.29 is 14.6 Å². The number of anilines is 1. The van der Waals surface area contributed by atoms with E-state index in [1.807, 2.05) is 0 Å². The van der Waals surface area contributed by atoms with Gasteiger partial charge in [0.1, 0.15) is 0 Å². The summed E-state index contributed by atoms with van der Waals surface area (Å²) in [5.41, 5.74) is 1.01. The Bertz CT molecular complexity index is 845. The summed E-state index contributed by atoms with van der Waals surface area (Å²) in [6.45, 7) is 1.54. The van der Waals surface area contributed by atoms with Crippen molar-refractivity contribution in [1.82, 2.24) is 0 Å². The fraction of sp³-hybridized carbons (Fsp3) is 0.0625. The van der Waals surface area contributed by atoms with Crippen molar-refractivity contribution in [2.24, 2.45) is 0 Å². The summed E-state index contributed by atoms with van der Waals surface area (Å²) in [6, 6.07) is 10.2. The van der Waals surface area contributed by atoms with E-state index >= 15 is 0 Å². The first-order valence-electron chi connectivity index (χ1n) is 6.86. The molecule has 1 amide bonds. The van der Waals surface area contributed by atoms with Crippen molar-refractivity contribution in [2.45, 2.75) is 6.92 Å². The van der Waals surface area contributed by atoms with Gasteiger partial charge in [-0.25, -0.2) is 0 Å². The Hall–Kier alpha value is -3.55. The van der Waals surface area contributed by atoms with Gasteiger partial charge in [-0.3, -0.25) is 25.0 Å². The molecule has 0 spiro atoms. The van der Waals surface area contributed by atoms with Gasteiger partial charge in [-0.05, 0) is 24.6 Å². The van der Waals surface area contributed by atoms with Crippen LogP contribution in [0.15, 0.2) is 48.5 Å². The summed E-state index contributed by atoms with van der Waals surface area (Å²) in [7, 11) is 0. The van der Waals surface area contributed by atoms with Gasteiger partial charge in [0.25, 0.3) is 11.4 Å². The molecule has 0 aliphatic heterocycles. The molecule has 0 fully saturated rings. The van der Waals surface area contributed by atoms with Crippen LogP contribution in [0, 0.1) is 27.2 Å². The molecule has 0 bridgehead atoms. The molecule has 8 heteroatoms. The Morgan fingerprint density at radius 1 is 1.08 bits per heavy atom. The summed E-state index contributed by atoms with van der Waals surface area (Å²) < 4.78 is 0. The lowest BCUT2D eigenvalue weighted by atomic mass is 10.1. The largest absolute Gasteiger partial charge is 0.322 e. The first-order valence-corrected chi connectivity index (χ1v) is 6.86. The molecule has 0 aliphatic rings. The third-order valence-electron chi connectivity index (χ3n) is 3.27. The zero-order chi connectivity index (χ0) is 17.7. The van der Waals surface area contributed by atoms with Crippen LogP contribution in [0.3, 0.4) is 0 Å². The fourth-order valence-corrected chi connectivity index (χ4v) is 2.05. The number of benzene rings is 2. The summed E-state index contributed by atoms with van der Waals surface area (Å²) in [5, 5.41) is 24.1. The normalized spacial score (nSPS) is 10.5. The maximum atomic E-state index is 11.9. The molecule has 0 aromatic heterocycles. The van der Waals surface area contributed by atoms with Gasteiger partial charge in [0.05, 0.1) is 21.1 Å². The minimum atomic E-state index is -0.524. The highest BCUT2D eigenvalue weighted by molar-refractivity contribution is 6.02. The van der Waals surface area contributed by atoms with Gasteiger partial charge in [0.2, 0.25) is 5.91 Å². The number of non-ortho nitro benzene ring substituents is 1. The maximum Gasteiger partial charge on any atom is 0.274 e. The summed E-state index contributed by atoms with van der Waals surface area (Å²) in [4.78, 5) is 32.5. The van der Waals surface area contributed by atoms with Gasteiger partial charge < -0.3 is 5.32 Å². The summed E-state index contributed by atoms with van der Waals surface area (Å²) in [6.07, 6.45) is 2.63. The van der Waals surface area contributed by atoms with Crippen LogP contribution >= 0.6 is 0 Å². The molecule has 0 saturated heterocycles. The number of hydrogen-bond acceptors (Lipinski definition) is 5. The molecule has 0 heterocycles. The second-order valence-electron chi connectivity index (χ2n) is 4.88. The van der Waals surface area contributed by atoms with Crippen LogP contribution in [0.2, 0.25) is 0 Å². The molecule has 0 aliphatic carbocycles. The number of nitrogens with one attached hydrogen (secondary N) is 1. The van der Waals surface area contributed by atoms with Crippen LogP contribution in [0.1, 0.15) is 11.1 Å². The standard InChI is InChI=1S/C16H13N3O5/c1-11-14(6-3-7-15(11)19(23)24)17-16(20)9-8-12-4-2-5-13(10-12)18(21)22/h2-10H,1H3,(H,17,20)/b9-8+. The van der Waals surface area contributed by atoms with E-state index in [1.165, 1.54) is 49.4 Å². The van der Waals surface area contributed by atoms with Crippen LogP contribution in [-0.4, -0.2) is 15.8 Å². The van der Waals surface area contributed by atoms with E-state index < -0.39 is 15.8 Å². The highest BCUT2D eigenvalue weighted by Crippen LogP contribution is 2.25. The SMILES string of the molecule is Cc1c(NC(=O)/C=C/c2cccc([N+](=O)[O-])c2)cccc1[N+](=O)[O-]. The minimum Gasteiger partial charge on any atom is -0.322 e. The third kappa shape index (κ3) is 4.01. The molecule has 0 saturated carbocycles. The average Bonchev–Trinajstić information content (AvgIpc) is 2.55. The molecule has 0 radical (unpaired) electrons. The number of hydrogen-bond donors (Lipinski definition) is 1. The van der Waals surface area contributed by atoms with Gasteiger partial charge in [-0.15, -0.1) is 0 Å². The van der Waals surface area contributed by atoms with E-state index in [0.29, 0.717) is 16.8 Å². The molecule has 2 aromatic carbocycles. The maximum absolute atomic E-state index is 11.9.